The van der Waals surface area contributed by atoms with Crippen LogP contribution in [0, 0.1) is 47.3 Å². The van der Waals surface area contributed by atoms with Gasteiger partial charge >= 0.3 is 11.9 Å². The Bertz CT molecular complexity index is 4290. The molecule has 0 fully saturated rings. The maximum Gasteiger partial charge on any atom is 0.322 e. The van der Waals surface area contributed by atoms with Crippen LogP contribution in [0.15, 0.2) is 121 Å². The van der Waals surface area contributed by atoms with E-state index >= 15 is 19.2 Å². The van der Waals surface area contributed by atoms with Crippen LogP contribution >= 0.6 is 0 Å². The molecule has 0 saturated heterocycles. The first kappa shape index (κ1) is 106. The van der Waals surface area contributed by atoms with Crippen LogP contribution in [0.25, 0.3) is 0 Å². The SMILES string of the molecule is CC[C@H](C)[C@H](NC(=O)[C@H](CC(C)C)NC(=O)[C@H](Cc1ccccc1)NC(=O)[C@@H](NC(=O)[C@@H](NC(=O)[C@@H](N)C(C)C)[C@@H](C)CC)C(C)C)C(=O)N[C@@H](Cc1ccccc1)C(=O)N[C@@H](Cc1ccccc1)C(=O)N[C@@H](CC(=O)O)C(=O)N[C@@H](CC(C)C)C(=O)N[C@@H](Cc1ccccc1)C(=O)N[C@@H](CC(C)C)C(=O)N[C@H](C(=O)N[C@@H](CC(N)=O)C(=O)NCC(=O)O)C(C)C. The van der Waals surface area contributed by atoms with Gasteiger partial charge in [-0.25, -0.2) is 0 Å². The molecule has 0 unspecified atom stereocenters. The molecule has 0 spiro atoms. The normalized spacial score (nSPS) is 15.2. The number of amides is 15. The third-order valence-corrected chi connectivity index (χ3v) is 21.2. The summed E-state index contributed by atoms with van der Waals surface area (Å²) in [6.45, 7) is 26.8. The second kappa shape index (κ2) is 53.2. The zero-order valence-corrected chi connectivity index (χ0v) is 75.2. The van der Waals surface area contributed by atoms with Gasteiger partial charge in [0.05, 0.1) is 18.9 Å². The average Bonchev–Trinajstić information content (AvgIpc) is 0.839. The molecule has 20 N–H and O–H groups in total. The van der Waals surface area contributed by atoms with Crippen LogP contribution in [0.3, 0.4) is 0 Å². The molecule has 0 aliphatic rings. The number of hydrogen-bond acceptors (Lipinski definition) is 18. The Labute approximate surface area is 738 Å². The van der Waals surface area contributed by atoms with Gasteiger partial charge in [-0.15, -0.1) is 0 Å². The Kier molecular flexibility index (Phi) is 44.8. The van der Waals surface area contributed by atoms with Gasteiger partial charge in [-0.05, 0) is 88.9 Å². The number of carboxylic acids is 2. The Morgan fingerprint density at radius 2 is 0.516 bits per heavy atom. The van der Waals surface area contributed by atoms with Gasteiger partial charge < -0.3 is 96.1 Å². The summed E-state index contributed by atoms with van der Waals surface area (Å²) in [4.78, 5) is 239. The van der Waals surface area contributed by atoms with E-state index in [0.29, 0.717) is 28.7 Å². The van der Waals surface area contributed by atoms with Crippen molar-refractivity contribution in [2.75, 3.05) is 6.54 Å². The zero-order valence-electron chi connectivity index (χ0n) is 75.2. The molecule has 0 aliphatic carbocycles. The van der Waals surface area contributed by atoms with E-state index in [1.54, 1.807) is 211 Å². The lowest BCUT2D eigenvalue weighted by molar-refractivity contribution is -0.142. The fraction of sp³-hybridized carbons (Fsp3) is 0.549. The van der Waals surface area contributed by atoms with Crippen molar-refractivity contribution in [3.05, 3.63) is 144 Å². The van der Waals surface area contributed by atoms with Crippen LogP contribution < -0.4 is 85.9 Å². The number of rotatable bonds is 54. The average molecular weight is 1760 g/mol. The standard InChI is InChI=1S/C91H134N16O19/c1-17-55(15)76(106-86(121)63(41-51(7)8)97-82(117)66(44-59-35-27-21-28-36-59)101-89(124)75(54(13)14)105-91(126)77(56(16)18-2)107-87(122)73(93)52(9)10)90(125)102-67(45-60-37-29-22-30-38-60)83(118)99-65(43-58-33-25-20-26-34-58)81(116)100-69(47-71(109)110)84(119)95-61(39-49(3)4)79(114)98-64(42-57-31-23-19-24-32-57)80(115)96-62(40-50(5)6)85(120)104-74(53(11)12)88(123)103-68(46-70(92)108)78(113)94-48-72(111)112/h19-38,49-56,61-69,73-77H,17-18,39-48,93H2,1-16H3,(H2,92,108)(H,94,113)(H,95,119)(H,96,115)(H,97,117)(H,98,114)(H,99,118)(H,100,116)(H,101,124)(H,102,125)(H,103,123)(H,104,120)(H,105,126)(H,106,121)(H,107,122)(H,109,110)(H,111,112)/t55-,56-,61-,62-,63-,64-,65-,66-,67-,68-,69-,73-,74-,75-,76-,77-/m0/s1. The number of carbonyl (C=O) groups excluding carboxylic acids is 15. The predicted molar refractivity (Wildman–Crippen MR) is 472 cm³/mol. The van der Waals surface area contributed by atoms with E-state index in [4.69, 9.17) is 16.6 Å². The summed E-state index contributed by atoms with van der Waals surface area (Å²) in [7, 11) is 0. The van der Waals surface area contributed by atoms with Crippen LogP contribution in [0.4, 0.5) is 0 Å². The van der Waals surface area contributed by atoms with Gasteiger partial charge in [-0.3, -0.25) is 81.5 Å². The molecular weight excluding hydrogens is 1620 g/mol. The number of carbonyl (C=O) groups is 17. The molecule has 16 atom stereocenters. The van der Waals surface area contributed by atoms with E-state index in [0.717, 1.165) is 0 Å². The van der Waals surface area contributed by atoms with E-state index in [1.165, 1.54) is 0 Å². The number of aliphatic carboxylic acids is 2. The van der Waals surface area contributed by atoms with E-state index in [9.17, 15) is 67.4 Å². The summed E-state index contributed by atoms with van der Waals surface area (Å²) in [5.74, 6) is -19.8. The summed E-state index contributed by atoms with van der Waals surface area (Å²) >= 11 is 0. The first-order valence-electron chi connectivity index (χ1n) is 43.2. The largest absolute Gasteiger partial charge is 0.481 e. The molecule has 35 heteroatoms. The summed E-state index contributed by atoms with van der Waals surface area (Å²) in [5.41, 5.74) is 13.7. The molecular formula is C91H134N16O19. The molecule has 4 aromatic carbocycles. The molecule has 0 aliphatic heterocycles. The van der Waals surface area contributed by atoms with E-state index in [1.807, 2.05) is 20.8 Å². The molecule has 0 radical (unpaired) electrons. The van der Waals surface area contributed by atoms with Crippen molar-refractivity contribution in [1.29, 1.82) is 0 Å². The lowest BCUT2D eigenvalue weighted by atomic mass is 9.95. The molecule has 0 saturated carbocycles. The summed E-state index contributed by atoms with van der Waals surface area (Å²) < 4.78 is 0. The Morgan fingerprint density at radius 1 is 0.278 bits per heavy atom. The van der Waals surface area contributed by atoms with E-state index in [2.05, 4.69) is 74.4 Å². The van der Waals surface area contributed by atoms with E-state index < -0.39 is 222 Å². The van der Waals surface area contributed by atoms with Crippen molar-refractivity contribution < 1.29 is 91.7 Å². The number of nitrogens with two attached hydrogens (primary N) is 2. The first-order chi connectivity index (χ1) is 59.3. The third kappa shape index (κ3) is 36.9. The topological polar surface area (TPSA) is 551 Å². The smallest absolute Gasteiger partial charge is 0.322 e. The Balaban J connectivity index is 1.69. The number of nitrogens with one attached hydrogen (secondary N) is 14. The van der Waals surface area contributed by atoms with E-state index in [-0.39, 0.29) is 81.0 Å². The number of hydrogen-bond donors (Lipinski definition) is 18. The summed E-state index contributed by atoms with van der Waals surface area (Å²) in [6.07, 6.45) is -1.98. The quantitative estimate of drug-likeness (QED) is 0.0302. The lowest BCUT2D eigenvalue weighted by Crippen LogP contribution is -2.62. The van der Waals surface area contributed by atoms with Crippen molar-refractivity contribution in [2.45, 2.75) is 266 Å². The van der Waals surface area contributed by atoms with Crippen molar-refractivity contribution in [1.82, 2.24) is 74.4 Å². The van der Waals surface area contributed by atoms with Gasteiger partial charge in [0.2, 0.25) is 88.6 Å². The number of benzene rings is 4. The highest BCUT2D eigenvalue weighted by Crippen LogP contribution is 2.20. The zero-order chi connectivity index (χ0) is 94.4. The van der Waals surface area contributed by atoms with Crippen molar-refractivity contribution >= 4 is 101 Å². The maximum atomic E-state index is 15.3. The molecule has 35 nitrogen and oxygen atoms in total. The van der Waals surface area contributed by atoms with Crippen LogP contribution in [-0.2, 0) is 107 Å². The molecule has 0 aromatic heterocycles. The molecule has 692 valence electrons. The molecule has 4 aromatic rings. The Morgan fingerprint density at radius 3 is 0.802 bits per heavy atom. The predicted octanol–water partition coefficient (Wildman–Crippen LogP) is 2.34. The summed E-state index contributed by atoms with van der Waals surface area (Å²) in [6, 6.07) is 13.9. The van der Waals surface area contributed by atoms with Crippen molar-refractivity contribution in [2.24, 2.45) is 58.8 Å². The van der Waals surface area contributed by atoms with Crippen molar-refractivity contribution in [3.8, 4) is 0 Å². The van der Waals surface area contributed by atoms with Gasteiger partial charge in [-0.2, -0.15) is 0 Å². The second-order valence-electron chi connectivity index (χ2n) is 34.6. The monoisotopic (exact) mass is 1760 g/mol. The van der Waals surface area contributed by atoms with Gasteiger partial charge in [0.15, 0.2) is 0 Å². The molecule has 15 amide bonds. The van der Waals surface area contributed by atoms with Crippen LogP contribution in [0.2, 0.25) is 0 Å². The molecule has 4 rings (SSSR count). The van der Waals surface area contributed by atoms with Gasteiger partial charge in [0.1, 0.15) is 85.1 Å². The fourth-order valence-electron chi connectivity index (χ4n) is 13.6. The van der Waals surface area contributed by atoms with Crippen molar-refractivity contribution in [3.63, 3.8) is 0 Å². The number of primary amides is 1. The van der Waals surface area contributed by atoms with Gasteiger partial charge in [0, 0.05) is 25.7 Å². The van der Waals surface area contributed by atoms with Crippen LogP contribution in [-0.4, -0.2) is 202 Å². The highest BCUT2D eigenvalue weighted by Gasteiger charge is 2.41. The van der Waals surface area contributed by atoms with Gasteiger partial charge in [0.25, 0.3) is 0 Å². The van der Waals surface area contributed by atoms with Crippen LogP contribution in [0.1, 0.15) is 178 Å². The lowest BCUT2D eigenvalue weighted by Gasteiger charge is -2.31. The number of carboxylic acid groups (broad SMARTS) is 2. The minimum absolute atomic E-state index is 0.0198. The molecule has 126 heavy (non-hydrogen) atoms. The minimum atomic E-state index is -1.97. The highest BCUT2D eigenvalue weighted by molar-refractivity contribution is 6.02. The minimum Gasteiger partial charge on any atom is -0.481 e. The summed E-state index contributed by atoms with van der Waals surface area (Å²) in [5, 5.41) is 56.7. The van der Waals surface area contributed by atoms with Crippen LogP contribution in [0.5, 0.6) is 0 Å². The third-order valence-electron chi connectivity index (χ3n) is 21.2. The Hall–Kier alpha value is -12.2. The fourth-order valence-corrected chi connectivity index (χ4v) is 13.6. The highest BCUT2D eigenvalue weighted by atomic mass is 16.4. The molecule has 0 bridgehead atoms. The maximum absolute atomic E-state index is 15.3. The van der Waals surface area contributed by atoms with Gasteiger partial charge in [-0.1, -0.05) is 245 Å². The second-order valence-corrected chi connectivity index (χ2v) is 34.6. The first-order valence-corrected chi connectivity index (χ1v) is 43.2. The molecule has 0 heterocycles.